The summed E-state index contributed by atoms with van der Waals surface area (Å²) in [5.41, 5.74) is 9.80. The van der Waals surface area contributed by atoms with Crippen LogP contribution in [0.1, 0.15) is 25.0 Å². The van der Waals surface area contributed by atoms with Crippen molar-refractivity contribution < 1.29 is 20.8 Å². The molecule has 0 bridgehead atoms. The molecule has 0 atom stereocenters. The Balaban J connectivity index is 0.000000162. The molecular formula is C42H38Cl2N2SiZr. The van der Waals surface area contributed by atoms with E-state index in [1.807, 2.05) is 24.5 Å². The van der Waals surface area contributed by atoms with Gasteiger partial charge in [-0.05, 0) is 48.2 Å². The van der Waals surface area contributed by atoms with Crippen LogP contribution in [0.2, 0.25) is 13.1 Å². The number of pyridine rings is 2. The van der Waals surface area contributed by atoms with Gasteiger partial charge in [0, 0.05) is 32.7 Å². The topological polar surface area (TPSA) is 25.8 Å². The summed E-state index contributed by atoms with van der Waals surface area (Å²) in [5.74, 6) is 0. The van der Waals surface area contributed by atoms with E-state index in [0.29, 0.717) is 0 Å². The molecule has 2 aromatic heterocycles. The van der Waals surface area contributed by atoms with E-state index in [1.54, 1.807) is 0 Å². The number of aryl methyl sites for hydroxylation is 2. The zero-order valence-corrected chi connectivity index (χ0v) is 32.7. The number of aromatic nitrogens is 2. The van der Waals surface area contributed by atoms with Crippen molar-refractivity contribution in [3.05, 3.63) is 145 Å². The molecule has 2 nitrogen and oxygen atoms in total. The third kappa shape index (κ3) is 8.60. The first kappa shape index (κ1) is 35.9. The van der Waals surface area contributed by atoms with Gasteiger partial charge in [-0.25, -0.2) is 0 Å². The van der Waals surface area contributed by atoms with Crippen LogP contribution in [0.5, 0.6) is 0 Å². The normalized spacial score (nSPS) is 10.5. The summed E-state index contributed by atoms with van der Waals surface area (Å²) in [6, 6.07) is 43.2. The fraction of sp³-hybridized carbons (Fsp3) is 0.143. The van der Waals surface area contributed by atoms with E-state index >= 15 is 0 Å². The molecule has 2 heterocycles. The van der Waals surface area contributed by atoms with E-state index in [9.17, 15) is 0 Å². The molecule has 6 aromatic carbocycles. The number of hydrogen-bond donors (Lipinski definition) is 0. The van der Waals surface area contributed by atoms with Gasteiger partial charge in [-0.3, -0.25) is 9.97 Å². The molecule has 8 aromatic rings. The molecule has 0 unspecified atom stereocenters. The second kappa shape index (κ2) is 17.8. The van der Waals surface area contributed by atoms with Gasteiger partial charge in [-0.15, -0.1) is 69.1 Å². The number of rotatable bonds is 4. The van der Waals surface area contributed by atoms with E-state index in [0.717, 1.165) is 33.4 Å². The number of halogens is 2. The summed E-state index contributed by atoms with van der Waals surface area (Å²) in [5, 5.41) is 7.66. The van der Waals surface area contributed by atoms with E-state index in [1.165, 1.54) is 65.7 Å². The summed E-state index contributed by atoms with van der Waals surface area (Å²) in [4.78, 5) is 9.18. The van der Waals surface area contributed by atoms with Gasteiger partial charge in [0.25, 0.3) is 0 Å². The van der Waals surface area contributed by atoms with Gasteiger partial charge in [0.2, 0.25) is 0 Å². The van der Waals surface area contributed by atoms with E-state index in [-0.39, 0.29) is 0 Å². The fourth-order valence-corrected chi connectivity index (χ4v) is 5.94. The Kier molecular flexibility index (Phi) is 13.3. The molecule has 6 heteroatoms. The Labute approximate surface area is 305 Å². The average molecular weight is 761 g/mol. The zero-order valence-electron chi connectivity index (χ0n) is 27.8. The Morgan fingerprint density at radius 2 is 0.979 bits per heavy atom. The summed E-state index contributed by atoms with van der Waals surface area (Å²) in [7, 11) is 11.0. The van der Waals surface area contributed by atoms with Crippen LogP contribution in [0.25, 0.3) is 65.6 Å². The van der Waals surface area contributed by atoms with Crippen LogP contribution in [0.4, 0.5) is 0 Å². The molecule has 0 aliphatic rings. The fourth-order valence-electron chi connectivity index (χ4n) is 5.94. The van der Waals surface area contributed by atoms with Crippen molar-refractivity contribution in [3.8, 4) is 22.3 Å². The van der Waals surface area contributed by atoms with Gasteiger partial charge in [0.15, 0.2) is 0 Å². The maximum absolute atomic E-state index is 4.93. The number of para-hydroxylation sites is 2. The van der Waals surface area contributed by atoms with Crippen molar-refractivity contribution >= 4 is 69.9 Å². The summed E-state index contributed by atoms with van der Waals surface area (Å²) in [6.07, 6.45) is 6.11. The zero-order chi connectivity index (χ0) is 33.9. The predicted octanol–water partition coefficient (Wildman–Crippen LogP) is 12.8. The molecule has 0 saturated carbocycles. The quantitative estimate of drug-likeness (QED) is 0.132. The monoisotopic (exact) mass is 758 g/mol. The third-order valence-corrected chi connectivity index (χ3v) is 8.24. The average Bonchev–Trinajstić information content (AvgIpc) is 3.76. The molecule has 8 rings (SSSR count). The van der Waals surface area contributed by atoms with Crippen LogP contribution < -0.4 is 0 Å². The molecule has 0 aliphatic heterocycles. The molecule has 48 heavy (non-hydrogen) atoms. The first-order valence-corrected chi connectivity index (χ1v) is 24.5. The van der Waals surface area contributed by atoms with E-state index < -0.39 is 20.8 Å². The Hall–Kier alpha value is -3.40. The number of hydrogen-bond acceptors (Lipinski definition) is 2. The van der Waals surface area contributed by atoms with Crippen molar-refractivity contribution in [3.63, 3.8) is 0 Å². The predicted molar refractivity (Wildman–Crippen MR) is 208 cm³/mol. The molecule has 0 saturated heterocycles. The number of fused-ring (bicyclic) bond motifs is 4. The Morgan fingerprint density at radius 3 is 1.38 bits per heavy atom. The van der Waals surface area contributed by atoms with Crippen LogP contribution >= 0.6 is 17.0 Å². The van der Waals surface area contributed by atoms with Gasteiger partial charge in [-0.1, -0.05) is 86.6 Å². The molecular weight excluding hydrogens is 723 g/mol. The molecule has 0 aliphatic carbocycles. The standard InChI is InChI=1S/2C20H16N.C2H6Si.2ClH.Zr/c2*1-2-14-10-15-7-5-8-18(19(15)11-14)17-12-16-6-3-4-9-20(16)21-13-17;1-3-2;;;/h2*3-13H,2H2,1H3;1-2H3;2*1H;/q2*-1;;;;+4/p-2. The van der Waals surface area contributed by atoms with Crippen LogP contribution in [0, 0.1) is 0 Å². The van der Waals surface area contributed by atoms with Gasteiger partial charge in [-0.2, -0.15) is 12.1 Å². The summed E-state index contributed by atoms with van der Waals surface area (Å²) >= 11 is -0.826. The van der Waals surface area contributed by atoms with Crippen molar-refractivity contribution in [2.75, 3.05) is 0 Å². The molecule has 238 valence electrons. The molecule has 0 fully saturated rings. The van der Waals surface area contributed by atoms with Gasteiger partial charge < -0.3 is 0 Å². The number of nitrogens with zero attached hydrogens (tertiary/aromatic N) is 2. The third-order valence-electron chi connectivity index (χ3n) is 8.24. The SMILES string of the molecule is CCc1cc2c(-c3cnc4ccccc4c3)cccc2[cH-]1.CCc1cc2c(-c3cnc4ccccc4c3)cccc2[cH-]1.C[Si]C.[Cl][Zr+2][Cl]. The van der Waals surface area contributed by atoms with Gasteiger partial charge in [0.05, 0.1) is 11.0 Å². The van der Waals surface area contributed by atoms with Gasteiger partial charge >= 0.3 is 37.9 Å². The maximum atomic E-state index is 4.93. The Morgan fingerprint density at radius 1 is 0.583 bits per heavy atom. The number of benzene rings is 4. The first-order chi connectivity index (χ1) is 23.5. The van der Waals surface area contributed by atoms with Crippen LogP contribution in [0.3, 0.4) is 0 Å². The van der Waals surface area contributed by atoms with Crippen molar-refractivity contribution in [1.82, 2.24) is 9.97 Å². The van der Waals surface area contributed by atoms with Crippen molar-refractivity contribution in [2.24, 2.45) is 0 Å². The van der Waals surface area contributed by atoms with Crippen LogP contribution in [0.15, 0.2) is 134 Å². The summed E-state index contributed by atoms with van der Waals surface area (Å²) in [6.45, 7) is 8.71. The van der Waals surface area contributed by atoms with Crippen LogP contribution in [-0.4, -0.2) is 19.5 Å². The second-order valence-electron chi connectivity index (χ2n) is 11.5. The van der Waals surface area contributed by atoms with Crippen molar-refractivity contribution in [1.29, 1.82) is 0 Å². The molecule has 0 N–H and O–H groups in total. The first-order valence-electron chi connectivity index (χ1n) is 16.1. The molecule has 2 radical (unpaired) electrons. The minimum absolute atomic E-state index is 0.826. The second-order valence-corrected chi connectivity index (χ2v) is 16.2. The minimum atomic E-state index is -0.826. The molecule has 0 spiro atoms. The Bertz CT molecular complexity index is 2080. The van der Waals surface area contributed by atoms with Crippen molar-refractivity contribution in [2.45, 2.75) is 39.8 Å². The van der Waals surface area contributed by atoms with Gasteiger partial charge in [0.1, 0.15) is 0 Å². The summed E-state index contributed by atoms with van der Waals surface area (Å²) < 4.78 is 0. The molecule has 0 amide bonds. The van der Waals surface area contributed by atoms with Crippen LogP contribution in [-0.2, 0) is 33.7 Å². The van der Waals surface area contributed by atoms with E-state index in [2.05, 4.69) is 146 Å². The van der Waals surface area contributed by atoms with E-state index in [4.69, 9.17) is 17.0 Å².